The van der Waals surface area contributed by atoms with E-state index in [2.05, 4.69) is 10.4 Å². The van der Waals surface area contributed by atoms with Gasteiger partial charge in [0, 0.05) is 5.02 Å². The summed E-state index contributed by atoms with van der Waals surface area (Å²) in [5, 5.41) is 8.07. The van der Waals surface area contributed by atoms with E-state index >= 15 is 0 Å². The molecule has 35 heavy (non-hydrogen) atoms. The number of aryl methyl sites for hydroxylation is 2. The van der Waals surface area contributed by atoms with Crippen LogP contribution in [0.15, 0.2) is 66.7 Å². The molecule has 0 radical (unpaired) electrons. The second kappa shape index (κ2) is 10.8. The van der Waals surface area contributed by atoms with Crippen LogP contribution in [0.2, 0.25) is 10.2 Å². The summed E-state index contributed by atoms with van der Waals surface area (Å²) in [4.78, 5) is 13.2. The molecule has 1 heterocycles. The maximum absolute atomic E-state index is 13.2. The molecule has 0 atom stereocenters. The topological polar surface area (TPSA) is 65.4 Å². The quantitative estimate of drug-likeness (QED) is 0.270. The van der Waals surface area contributed by atoms with Gasteiger partial charge in [-0.2, -0.15) is 5.10 Å². The van der Waals surface area contributed by atoms with Crippen LogP contribution in [0.4, 0.5) is 5.69 Å². The van der Waals surface area contributed by atoms with Gasteiger partial charge in [0.05, 0.1) is 30.1 Å². The van der Waals surface area contributed by atoms with Crippen molar-refractivity contribution in [2.75, 3.05) is 11.9 Å². The average Bonchev–Trinajstić information content (AvgIpc) is 3.11. The average molecular weight is 510 g/mol. The highest BCUT2D eigenvalue weighted by Crippen LogP contribution is 2.34. The SMILES string of the molecule is CCOc1ccc(Oc2ccc(Cl)cc2NC(=O)c2c(C)nn(Cc3ccc(C)cc3)c2Cl)cc1. The van der Waals surface area contributed by atoms with Crippen molar-refractivity contribution >= 4 is 34.8 Å². The van der Waals surface area contributed by atoms with Crippen molar-refractivity contribution < 1.29 is 14.3 Å². The largest absolute Gasteiger partial charge is 0.494 e. The number of anilines is 1. The molecule has 0 saturated carbocycles. The lowest BCUT2D eigenvalue weighted by Crippen LogP contribution is -2.14. The maximum atomic E-state index is 13.2. The zero-order valence-corrected chi connectivity index (χ0v) is 21.2. The Morgan fingerprint density at radius 1 is 0.971 bits per heavy atom. The fraction of sp³-hybridized carbons (Fsp3) is 0.185. The first-order chi connectivity index (χ1) is 16.8. The van der Waals surface area contributed by atoms with Crippen LogP contribution in [-0.4, -0.2) is 22.3 Å². The second-order valence-electron chi connectivity index (χ2n) is 8.00. The fourth-order valence-corrected chi connectivity index (χ4v) is 4.05. The molecule has 4 rings (SSSR count). The van der Waals surface area contributed by atoms with Crippen molar-refractivity contribution in [1.82, 2.24) is 9.78 Å². The second-order valence-corrected chi connectivity index (χ2v) is 8.79. The van der Waals surface area contributed by atoms with Crippen molar-refractivity contribution in [1.29, 1.82) is 0 Å². The molecule has 1 amide bonds. The molecular weight excluding hydrogens is 485 g/mol. The number of amides is 1. The van der Waals surface area contributed by atoms with Crippen LogP contribution in [0.5, 0.6) is 17.2 Å². The van der Waals surface area contributed by atoms with Crippen LogP contribution in [0.1, 0.15) is 34.1 Å². The Morgan fingerprint density at radius 2 is 1.66 bits per heavy atom. The van der Waals surface area contributed by atoms with Gasteiger partial charge in [-0.25, -0.2) is 4.68 Å². The molecule has 0 unspecified atom stereocenters. The Morgan fingerprint density at radius 3 is 2.34 bits per heavy atom. The van der Waals surface area contributed by atoms with E-state index in [-0.39, 0.29) is 5.15 Å². The van der Waals surface area contributed by atoms with Gasteiger partial charge >= 0.3 is 0 Å². The molecule has 0 saturated heterocycles. The predicted octanol–water partition coefficient (Wildman–Crippen LogP) is 7.30. The highest BCUT2D eigenvalue weighted by molar-refractivity contribution is 6.34. The summed E-state index contributed by atoms with van der Waals surface area (Å²) in [5.41, 5.74) is 3.44. The Hall–Kier alpha value is -3.48. The Labute approximate surface area is 214 Å². The number of nitrogens with one attached hydrogen (secondary N) is 1. The maximum Gasteiger partial charge on any atom is 0.260 e. The first kappa shape index (κ1) is 24.6. The fourth-order valence-electron chi connectivity index (χ4n) is 3.55. The summed E-state index contributed by atoms with van der Waals surface area (Å²) in [6.45, 7) is 6.74. The molecule has 4 aromatic rings. The number of carbonyl (C=O) groups excluding carboxylic acids is 1. The van der Waals surface area contributed by atoms with Crippen molar-refractivity contribution in [3.05, 3.63) is 99.3 Å². The van der Waals surface area contributed by atoms with E-state index in [1.807, 2.05) is 50.2 Å². The number of rotatable bonds is 8. The van der Waals surface area contributed by atoms with Gasteiger partial charge in [0.25, 0.3) is 5.91 Å². The van der Waals surface area contributed by atoms with Gasteiger partial charge in [0.2, 0.25) is 0 Å². The molecule has 0 bridgehead atoms. The van der Waals surface area contributed by atoms with Crippen LogP contribution in [0, 0.1) is 13.8 Å². The van der Waals surface area contributed by atoms with Gasteiger partial charge in [0.15, 0.2) is 5.75 Å². The predicted molar refractivity (Wildman–Crippen MR) is 139 cm³/mol. The number of ether oxygens (including phenoxy) is 2. The molecule has 1 aromatic heterocycles. The van der Waals surface area contributed by atoms with Gasteiger partial charge in [-0.3, -0.25) is 4.79 Å². The van der Waals surface area contributed by atoms with E-state index in [4.69, 9.17) is 32.7 Å². The molecular formula is C27H25Cl2N3O3. The lowest BCUT2D eigenvalue weighted by Gasteiger charge is -2.13. The number of hydrogen-bond donors (Lipinski definition) is 1. The highest BCUT2D eigenvalue weighted by Gasteiger charge is 2.22. The molecule has 0 spiro atoms. The van der Waals surface area contributed by atoms with Crippen LogP contribution in [0.3, 0.4) is 0 Å². The number of carbonyl (C=O) groups is 1. The van der Waals surface area contributed by atoms with Crippen molar-refractivity contribution in [3.63, 3.8) is 0 Å². The summed E-state index contributed by atoms with van der Waals surface area (Å²) >= 11 is 12.8. The van der Waals surface area contributed by atoms with Gasteiger partial charge < -0.3 is 14.8 Å². The molecule has 1 N–H and O–H groups in total. The minimum absolute atomic E-state index is 0.261. The van der Waals surface area contributed by atoms with Gasteiger partial charge in [-0.05, 0) is 68.8 Å². The molecule has 180 valence electrons. The van der Waals surface area contributed by atoms with Crippen molar-refractivity contribution in [3.8, 4) is 17.2 Å². The first-order valence-electron chi connectivity index (χ1n) is 11.1. The molecule has 3 aromatic carbocycles. The van der Waals surface area contributed by atoms with Crippen LogP contribution < -0.4 is 14.8 Å². The lowest BCUT2D eigenvalue weighted by atomic mass is 10.1. The molecule has 8 heteroatoms. The van der Waals surface area contributed by atoms with E-state index in [0.29, 0.717) is 46.6 Å². The summed E-state index contributed by atoms with van der Waals surface area (Å²) in [6.07, 6.45) is 0. The van der Waals surface area contributed by atoms with Crippen LogP contribution in [0.25, 0.3) is 0 Å². The third-order valence-electron chi connectivity index (χ3n) is 5.30. The zero-order chi connectivity index (χ0) is 24.9. The zero-order valence-electron chi connectivity index (χ0n) is 19.6. The van der Waals surface area contributed by atoms with Crippen molar-refractivity contribution in [2.45, 2.75) is 27.3 Å². The number of aromatic nitrogens is 2. The Balaban J connectivity index is 1.55. The van der Waals surface area contributed by atoms with Gasteiger partial charge in [-0.1, -0.05) is 53.0 Å². The molecule has 0 aliphatic heterocycles. The normalized spacial score (nSPS) is 10.8. The van der Waals surface area contributed by atoms with E-state index in [1.54, 1.807) is 41.9 Å². The first-order valence-corrected chi connectivity index (χ1v) is 11.9. The van der Waals surface area contributed by atoms with Crippen LogP contribution in [-0.2, 0) is 6.54 Å². The number of nitrogens with zero attached hydrogens (tertiary/aromatic N) is 2. The summed E-state index contributed by atoms with van der Waals surface area (Å²) in [6, 6.07) is 20.3. The summed E-state index contributed by atoms with van der Waals surface area (Å²) in [7, 11) is 0. The molecule has 0 aliphatic rings. The molecule has 0 fully saturated rings. The van der Waals surface area contributed by atoms with Crippen LogP contribution >= 0.6 is 23.2 Å². The minimum atomic E-state index is -0.401. The van der Waals surface area contributed by atoms with Gasteiger partial charge in [0.1, 0.15) is 16.7 Å². The standard InChI is InChI=1S/C27H25Cl2N3O3/c1-4-34-21-10-12-22(13-11-21)35-24-14-9-20(28)15-23(24)30-27(33)25-18(3)31-32(26(25)29)16-19-7-5-17(2)6-8-19/h5-15H,4,16H2,1-3H3,(H,30,33). The Kier molecular flexibility index (Phi) is 7.63. The Bertz CT molecular complexity index is 1330. The van der Waals surface area contributed by atoms with Gasteiger partial charge in [-0.15, -0.1) is 0 Å². The van der Waals surface area contributed by atoms with E-state index in [1.165, 1.54) is 5.56 Å². The van der Waals surface area contributed by atoms with Crippen molar-refractivity contribution in [2.24, 2.45) is 0 Å². The third-order valence-corrected chi connectivity index (χ3v) is 5.92. The van der Waals surface area contributed by atoms with E-state index in [9.17, 15) is 4.79 Å². The number of halogens is 2. The number of benzene rings is 3. The summed E-state index contributed by atoms with van der Waals surface area (Å²) < 4.78 is 13.1. The van der Waals surface area contributed by atoms with E-state index < -0.39 is 5.91 Å². The number of hydrogen-bond acceptors (Lipinski definition) is 4. The third kappa shape index (κ3) is 5.96. The van der Waals surface area contributed by atoms with E-state index in [0.717, 1.165) is 11.3 Å². The molecule has 6 nitrogen and oxygen atoms in total. The summed E-state index contributed by atoms with van der Waals surface area (Å²) in [5.74, 6) is 1.37. The smallest absolute Gasteiger partial charge is 0.260 e. The highest BCUT2D eigenvalue weighted by atomic mass is 35.5. The lowest BCUT2D eigenvalue weighted by molar-refractivity contribution is 0.102. The monoisotopic (exact) mass is 509 g/mol. The minimum Gasteiger partial charge on any atom is -0.494 e. The molecule has 0 aliphatic carbocycles.